The summed E-state index contributed by atoms with van der Waals surface area (Å²) in [7, 11) is 0. The zero-order chi connectivity index (χ0) is 16.9. The van der Waals surface area contributed by atoms with E-state index in [0.717, 1.165) is 44.8 Å². The number of ether oxygens (including phenoxy) is 1. The first kappa shape index (κ1) is 18.0. The molecule has 1 amide bonds. The fraction of sp³-hybridized carbons (Fsp3) is 0.611. The monoisotopic (exact) mass is 370 g/mol. The van der Waals surface area contributed by atoms with Crippen molar-refractivity contribution in [2.24, 2.45) is 5.92 Å². The Balaban J connectivity index is 1.49. The number of nitrogens with one attached hydrogen (secondary N) is 1. The molecule has 0 spiro atoms. The van der Waals surface area contributed by atoms with Crippen LogP contribution < -0.4 is 5.32 Å². The maximum Gasteiger partial charge on any atom is 0.224 e. The molecule has 24 heavy (non-hydrogen) atoms. The third-order valence-corrected chi connectivity index (χ3v) is 5.49. The summed E-state index contributed by atoms with van der Waals surface area (Å²) in [5.41, 5.74) is 2.29. The summed E-state index contributed by atoms with van der Waals surface area (Å²) in [6.45, 7) is 5.25. The Labute approximate surface area is 153 Å². The average molecular weight is 371 g/mol. The molecular weight excluding hydrogens is 347 g/mol. The number of hydrogen-bond acceptors (Lipinski definition) is 3. The number of fused-ring (bicyclic) bond motifs is 1. The van der Waals surface area contributed by atoms with Gasteiger partial charge in [0.2, 0.25) is 5.91 Å². The van der Waals surface area contributed by atoms with Gasteiger partial charge in [0, 0.05) is 25.6 Å². The SMILES string of the molecule is O=C(NCCCN1CCOCC1)[C@@H]1Cc2ccccc2[C@H]1C(Cl)Cl. The van der Waals surface area contributed by atoms with E-state index < -0.39 is 4.84 Å². The molecular formula is C18H24Cl2N2O2. The van der Waals surface area contributed by atoms with Crippen LogP contribution in [0.25, 0.3) is 0 Å². The Morgan fingerprint density at radius 2 is 2.04 bits per heavy atom. The van der Waals surface area contributed by atoms with Crippen LogP contribution in [-0.4, -0.2) is 55.0 Å². The molecule has 2 aliphatic rings. The largest absolute Gasteiger partial charge is 0.379 e. The van der Waals surface area contributed by atoms with Crippen LogP contribution in [0.3, 0.4) is 0 Å². The Kier molecular flexibility index (Phi) is 6.39. The lowest BCUT2D eigenvalue weighted by Crippen LogP contribution is -2.39. The van der Waals surface area contributed by atoms with E-state index in [-0.39, 0.29) is 17.7 Å². The fourth-order valence-corrected chi connectivity index (χ4v) is 4.29. The normalized spacial score (nSPS) is 24.1. The summed E-state index contributed by atoms with van der Waals surface area (Å²) in [5.74, 6) is -0.237. The molecule has 4 nitrogen and oxygen atoms in total. The Hall–Kier alpha value is -0.810. The minimum atomic E-state index is -0.572. The molecule has 1 aliphatic heterocycles. The van der Waals surface area contributed by atoms with Gasteiger partial charge < -0.3 is 10.1 Å². The number of carbonyl (C=O) groups is 1. The highest BCUT2D eigenvalue weighted by Gasteiger charge is 2.40. The molecule has 1 aliphatic carbocycles. The summed E-state index contributed by atoms with van der Waals surface area (Å²) in [6.07, 6.45) is 1.66. The van der Waals surface area contributed by atoms with E-state index in [9.17, 15) is 4.79 Å². The summed E-state index contributed by atoms with van der Waals surface area (Å²) < 4.78 is 5.34. The third-order valence-electron chi connectivity index (χ3n) is 4.95. The van der Waals surface area contributed by atoms with Gasteiger partial charge >= 0.3 is 0 Å². The van der Waals surface area contributed by atoms with E-state index >= 15 is 0 Å². The van der Waals surface area contributed by atoms with Gasteiger partial charge in [0.05, 0.1) is 19.1 Å². The van der Waals surface area contributed by atoms with Crippen molar-refractivity contribution in [3.05, 3.63) is 35.4 Å². The maximum atomic E-state index is 12.6. The molecule has 0 bridgehead atoms. The number of nitrogens with zero attached hydrogens (tertiary/aromatic N) is 1. The highest BCUT2D eigenvalue weighted by atomic mass is 35.5. The van der Waals surface area contributed by atoms with Crippen LogP contribution in [0, 0.1) is 5.92 Å². The Morgan fingerprint density at radius 1 is 1.29 bits per heavy atom. The van der Waals surface area contributed by atoms with Gasteiger partial charge in [0.25, 0.3) is 0 Å². The molecule has 1 N–H and O–H groups in total. The minimum absolute atomic E-state index is 0.0597. The van der Waals surface area contributed by atoms with Crippen molar-refractivity contribution in [2.45, 2.75) is 23.6 Å². The van der Waals surface area contributed by atoms with Crippen molar-refractivity contribution in [2.75, 3.05) is 39.4 Å². The van der Waals surface area contributed by atoms with Gasteiger partial charge in [0.1, 0.15) is 4.84 Å². The van der Waals surface area contributed by atoms with E-state index in [0.29, 0.717) is 13.0 Å². The topological polar surface area (TPSA) is 41.6 Å². The summed E-state index contributed by atoms with van der Waals surface area (Å²) in [5, 5.41) is 3.07. The molecule has 1 aromatic rings. The van der Waals surface area contributed by atoms with Gasteiger partial charge in [-0.15, -0.1) is 23.2 Å². The van der Waals surface area contributed by atoms with Crippen molar-refractivity contribution < 1.29 is 9.53 Å². The van der Waals surface area contributed by atoms with Crippen LogP contribution in [0.5, 0.6) is 0 Å². The summed E-state index contributed by atoms with van der Waals surface area (Å²) in [6, 6.07) is 8.06. The predicted molar refractivity (Wildman–Crippen MR) is 96.8 cm³/mol. The second-order valence-corrected chi connectivity index (χ2v) is 7.63. The molecule has 0 unspecified atom stereocenters. The number of carbonyl (C=O) groups excluding carboxylic acids is 1. The van der Waals surface area contributed by atoms with Gasteiger partial charge in [-0.3, -0.25) is 9.69 Å². The zero-order valence-electron chi connectivity index (χ0n) is 13.7. The van der Waals surface area contributed by atoms with E-state index in [1.165, 1.54) is 5.56 Å². The minimum Gasteiger partial charge on any atom is -0.379 e. The molecule has 132 valence electrons. The number of amides is 1. The van der Waals surface area contributed by atoms with Crippen molar-refractivity contribution >= 4 is 29.1 Å². The van der Waals surface area contributed by atoms with Crippen molar-refractivity contribution in [3.63, 3.8) is 0 Å². The maximum absolute atomic E-state index is 12.6. The fourth-order valence-electron chi connectivity index (χ4n) is 3.66. The first-order valence-corrected chi connectivity index (χ1v) is 9.48. The lowest BCUT2D eigenvalue weighted by Gasteiger charge is -2.26. The Morgan fingerprint density at radius 3 is 2.79 bits per heavy atom. The molecule has 1 fully saturated rings. The van der Waals surface area contributed by atoms with E-state index in [1.807, 2.05) is 18.2 Å². The number of morpholine rings is 1. The van der Waals surface area contributed by atoms with Crippen LogP contribution in [0.15, 0.2) is 24.3 Å². The van der Waals surface area contributed by atoms with Gasteiger partial charge in [-0.1, -0.05) is 24.3 Å². The second-order valence-electron chi connectivity index (χ2n) is 6.47. The zero-order valence-corrected chi connectivity index (χ0v) is 15.2. The van der Waals surface area contributed by atoms with E-state index in [1.54, 1.807) is 0 Å². The molecule has 1 heterocycles. The molecule has 0 radical (unpaired) electrons. The van der Waals surface area contributed by atoms with Gasteiger partial charge in [-0.25, -0.2) is 0 Å². The van der Waals surface area contributed by atoms with Gasteiger partial charge in [-0.05, 0) is 30.5 Å². The smallest absolute Gasteiger partial charge is 0.224 e. The Bertz CT molecular complexity index is 562. The highest BCUT2D eigenvalue weighted by Crippen LogP contribution is 2.43. The standard InChI is InChI=1S/C18H24Cl2N2O2/c19-17(20)16-14-5-2-1-4-13(14)12-15(16)18(23)21-6-3-7-22-8-10-24-11-9-22/h1-2,4-5,15-17H,3,6-12H2,(H,21,23)/t15-,16-/m1/s1. The summed E-state index contributed by atoms with van der Waals surface area (Å²) in [4.78, 5) is 14.4. The first-order chi connectivity index (χ1) is 11.7. The molecule has 2 atom stereocenters. The highest BCUT2D eigenvalue weighted by molar-refractivity contribution is 6.45. The number of halogens is 2. The molecule has 1 saturated heterocycles. The molecule has 1 aromatic carbocycles. The van der Waals surface area contributed by atoms with E-state index in [2.05, 4.69) is 16.3 Å². The third kappa shape index (κ3) is 4.23. The average Bonchev–Trinajstić information content (AvgIpc) is 2.99. The van der Waals surface area contributed by atoms with Crippen molar-refractivity contribution in [1.29, 1.82) is 0 Å². The van der Waals surface area contributed by atoms with Crippen molar-refractivity contribution in [3.8, 4) is 0 Å². The molecule has 3 rings (SSSR count). The van der Waals surface area contributed by atoms with Gasteiger partial charge in [-0.2, -0.15) is 0 Å². The van der Waals surface area contributed by atoms with Crippen LogP contribution in [0.2, 0.25) is 0 Å². The van der Waals surface area contributed by atoms with Crippen LogP contribution in [0.4, 0.5) is 0 Å². The number of benzene rings is 1. The lowest BCUT2D eigenvalue weighted by atomic mass is 9.93. The number of alkyl halides is 2. The van der Waals surface area contributed by atoms with Crippen LogP contribution in [-0.2, 0) is 16.0 Å². The first-order valence-electron chi connectivity index (χ1n) is 8.60. The predicted octanol–water partition coefficient (Wildman–Crippen LogP) is 2.58. The number of rotatable bonds is 6. The number of hydrogen-bond donors (Lipinski definition) is 1. The molecule has 6 heteroatoms. The van der Waals surface area contributed by atoms with E-state index in [4.69, 9.17) is 27.9 Å². The quantitative estimate of drug-likeness (QED) is 0.617. The van der Waals surface area contributed by atoms with Crippen LogP contribution >= 0.6 is 23.2 Å². The second kappa shape index (κ2) is 8.52. The summed E-state index contributed by atoms with van der Waals surface area (Å²) >= 11 is 12.4. The molecule has 0 aromatic heterocycles. The van der Waals surface area contributed by atoms with Gasteiger partial charge in [0.15, 0.2) is 0 Å². The molecule has 0 saturated carbocycles. The lowest BCUT2D eigenvalue weighted by molar-refractivity contribution is -0.125. The van der Waals surface area contributed by atoms with Crippen LogP contribution in [0.1, 0.15) is 23.5 Å². The van der Waals surface area contributed by atoms with Crippen molar-refractivity contribution in [1.82, 2.24) is 10.2 Å².